The molecule has 0 aliphatic carbocycles. The van der Waals surface area contributed by atoms with E-state index in [-0.39, 0.29) is 5.92 Å². The predicted octanol–water partition coefficient (Wildman–Crippen LogP) is 1.77. The number of rotatable bonds is 2. The highest BCUT2D eigenvalue weighted by Crippen LogP contribution is 2.38. The summed E-state index contributed by atoms with van der Waals surface area (Å²) in [5.74, 6) is 1.70. The summed E-state index contributed by atoms with van der Waals surface area (Å²) >= 11 is 0. The summed E-state index contributed by atoms with van der Waals surface area (Å²) < 4.78 is 0. The third kappa shape index (κ3) is 1.44. The van der Waals surface area contributed by atoms with Crippen molar-refractivity contribution in [1.82, 2.24) is 9.97 Å². The average Bonchev–Trinajstić information content (AvgIpc) is 2.54. The summed E-state index contributed by atoms with van der Waals surface area (Å²) in [4.78, 5) is 13.2. The molecule has 1 aromatic heterocycles. The normalized spacial score (nSPS) is 18.4. The van der Waals surface area contributed by atoms with E-state index in [4.69, 9.17) is 0 Å². The van der Waals surface area contributed by atoms with Crippen LogP contribution in [0, 0.1) is 0 Å². The van der Waals surface area contributed by atoms with Gasteiger partial charge in [-0.1, -0.05) is 6.92 Å². The van der Waals surface area contributed by atoms with E-state index < -0.39 is 0 Å². The molecule has 0 fully saturated rings. The van der Waals surface area contributed by atoms with Gasteiger partial charge in [0, 0.05) is 25.7 Å². The Kier molecular flexibility index (Phi) is 2.30. The van der Waals surface area contributed by atoms with Gasteiger partial charge in [-0.2, -0.15) is 4.98 Å². The summed E-state index contributed by atoms with van der Waals surface area (Å²) in [6.07, 6.45) is 0. The van der Waals surface area contributed by atoms with Crippen LogP contribution in [0.25, 0.3) is 0 Å². The molecular weight excluding hydrogens is 190 g/mol. The molecule has 2 rings (SSSR count). The van der Waals surface area contributed by atoms with Gasteiger partial charge in [0.05, 0.1) is 5.69 Å². The van der Waals surface area contributed by atoms with Crippen LogP contribution < -0.4 is 10.6 Å². The van der Waals surface area contributed by atoms with Gasteiger partial charge in [-0.3, -0.25) is 4.99 Å². The lowest BCUT2D eigenvalue weighted by Gasteiger charge is -2.09. The van der Waals surface area contributed by atoms with E-state index in [1.54, 1.807) is 0 Å². The minimum Gasteiger partial charge on any atom is -0.371 e. The summed E-state index contributed by atoms with van der Waals surface area (Å²) in [7, 11) is 3.66. The van der Waals surface area contributed by atoms with Crippen LogP contribution in [-0.4, -0.2) is 29.8 Å². The highest BCUT2D eigenvalue weighted by Gasteiger charge is 2.25. The molecule has 1 aliphatic rings. The van der Waals surface area contributed by atoms with Gasteiger partial charge >= 0.3 is 0 Å². The Morgan fingerprint density at radius 2 is 1.87 bits per heavy atom. The minimum absolute atomic E-state index is 0.280. The molecule has 0 amide bonds. The van der Waals surface area contributed by atoms with Crippen LogP contribution in [0.1, 0.15) is 25.5 Å². The van der Waals surface area contributed by atoms with Gasteiger partial charge in [0.25, 0.3) is 0 Å². The fourth-order valence-corrected chi connectivity index (χ4v) is 1.64. The Labute approximate surface area is 89.0 Å². The van der Waals surface area contributed by atoms with Crippen molar-refractivity contribution in [2.24, 2.45) is 4.99 Å². The van der Waals surface area contributed by atoms with E-state index in [1.807, 2.05) is 21.0 Å². The van der Waals surface area contributed by atoms with Crippen molar-refractivity contribution in [2.75, 3.05) is 24.7 Å². The smallest absolute Gasteiger partial charge is 0.224 e. The van der Waals surface area contributed by atoms with E-state index in [2.05, 4.69) is 32.5 Å². The number of aliphatic imine (C=N–C) groups is 1. The number of hydrogen-bond donors (Lipinski definition) is 2. The second kappa shape index (κ2) is 3.49. The fourth-order valence-electron chi connectivity index (χ4n) is 1.64. The molecular formula is C10H15N5. The van der Waals surface area contributed by atoms with Crippen molar-refractivity contribution in [3.8, 4) is 0 Å². The van der Waals surface area contributed by atoms with Crippen molar-refractivity contribution in [1.29, 1.82) is 0 Å². The van der Waals surface area contributed by atoms with Gasteiger partial charge < -0.3 is 10.6 Å². The van der Waals surface area contributed by atoms with E-state index in [1.165, 1.54) is 0 Å². The quantitative estimate of drug-likeness (QED) is 0.772. The van der Waals surface area contributed by atoms with Crippen LogP contribution in [0.4, 0.5) is 17.5 Å². The first-order valence-corrected chi connectivity index (χ1v) is 5.00. The van der Waals surface area contributed by atoms with Crippen LogP contribution in [-0.2, 0) is 0 Å². The molecule has 1 atom stereocenters. The molecule has 80 valence electrons. The number of nitrogens with zero attached hydrogens (tertiary/aromatic N) is 3. The van der Waals surface area contributed by atoms with Crippen LogP contribution in [0.15, 0.2) is 4.99 Å². The third-order valence-electron chi connectivity index (χ3n) is 2.70. The molecule has 0 aromatic carbocycles. The lowest BCUT2D eigenvalue weighted by Crippen LogP contribution is -2.06. The zero-order chi connectivity index (χ0) is 11.0. The molecule has 5 heteroatoms. The maximum atomic E-state index is 4.48. The van der Waals surface area contributed by atoms with Crippen molar-refractivity contribution < 1.29 is 0 Å². The van der Waals surface area contributed by atoms with Crippen LogP contribution in [0.2, 0.25) is 0 Å². The zero-order valence-corrected chi connectivity index (χ0v) is 9.42. The van der Waals surface area contributed by atoms with Crippen LogP contribution >= 0.6 is 0 Å². The van der Waals surface area contributed by atoms with Gasteiger partial charge in [-0.25, -0.2) is 4.98 Å². The molecule has 2 heterocycles. The number of fused-ring (bicyclic) bond motifs is 1. The first-order valence-electron chi connectivity index (χ1n) is 5.00. The molecule has 15 heavy (non-hydrogen) atoms. The molecule has 5 nitrogen and oxygen atoms in total. The van der Waals surface area contributed by atoms with Crippen LogP contribution in [0.3, 0.4) is 0 Å². The summed E-state index contributed by atoms with van der Waals surface area (Å²) in [5, 5.41) is 6.00. The Morgan fingerprint density at radius 1 is 1.13 bits per heavy atom. The average molecular weight is 205 g/mol. The Morgan fingerprint density at radius 3 is 2.47 bits per heavy atom. The Bertz CT molecular complexity index is 424. The highest BCUT2D eigenvalue weighted by molar-refractivity contribution is 5.97. The Hall–Kier alpha value is -1.65. The molecule has 1 unspecified atom stereocenters. The van der Waals surface area contributed by atoms with Crippen molar-refractivity contribution in [2.45, 2.75) is 19.8 Å². The lowest BCUT2D eigenvalue weighted by atomic mass is 10.1. The lowest BCUT2D eigenvalue weighted by molar-refractivity contribution is 0.959. The standard InChI is InChI=1S/C10H15N5/c1-5-6(2)13-8-7(5)14-10(12-4)15-9(8)11-3/h5H,1-4H3,(H2,11,12,14,15). The number of nitrogens with one attached hydrogen (secondary N) is 2. The van der Waals surface area contributed by atoms with E-state index >= 15 is 0 Å². The first kappa shape index (κ1) is 9.89. The predicted molar refractivity (Wildman–Crippen MR) is 62.3 cm³/mol. The number of hydrogen-bond acceptors (Lipinski definition) is 5. The Balaban J connectivity index is 2.59. The maximum Gasteiger partial charge on any atom is 0.224 e. The molecule has 2 N–H and O–H groups in total. The van der Waals surface area contributed by atoms with Gasteiger partial charge in [0.1, 0.15) is 5.69 Å². The monoisotopic (exact) mass is 205 g/mol. The molecule has 1 aliphatic heterocycles. The van der Waals surface area contributed by atoms with Gasteiger partial charge in [0.2, 0.25) is 5.95 Å². The largest absolute Gasteiger partial charge is 0.371 e. The van der Waals surface area contributed by atoms with Gasteiger partial charge in [-0.05, 0) is 6.92 Å². The molecule has 0 saturated heterocycles. The van der Waals surface area contributed by atoms with Gasteiger partial charge in [0.15, 0.2) is 5.82 Å². The highest BCUT2D eigenvalue weighted by atomic mass is 15.2. The van der Waals surface area contributed by atoms with E-state index in [9.17, 15) is 0 Å². The molecule has 1 aromatic rings. The summed E-state index contributed by atoms with van der Waals surface area (Å²) in [6.45, 7) is 4.13. The molecule has 0 radical (unpaired) electrons. The van der Waals surface area contributed by atoms with Crippen LogP contribution in [0.5, 0.6) is 0 Å². The van der Waals surface area contributed by atoms with Crippen molar-refractivity contribution in [3.05, 3.63) is 5.69 Å². The molecule has 0 saturated carbocycles. The topological polar surface area (TPSA) is 62.2 Å². The third-order valence-corrected chi connectivity index (χ3v) is 2.70. The zero-order valence-electron chi connectivity index (χ0n) is 9.42. The second-order valence-electron chi connectivity index (χ2n) is 3.60. The first-order chi connectivity index (χ1) is 7.17. The van der Waals surface area contributed by atoms with E-state index in [0.29, 0.717) is 5.95 Å². The van der Waals surface area contributed by atoms with Gasteiger partial charge in [-0.15, -0.1) is 0 Å². The summed E-state index contributed by atoms with van der Waals surface area (Å²) in [6, 6.07) is 0. The fraction of sp³-hybridized carbons (Fsp3) is 0.500. The van der Waals surface area contributed by atoms with Crippen molar-refractivity contribution in [3.63, 3.8) is 0 Å². The summed E-state index contributed by atoms with van der Waals surface area (Å²) in [5.41, 5.74) is 2.96. The maximum absolute atomic E-state index is 4.48. The number of aromatic nitrogens is 2. The molecule has 0 bridgehead atoms. The molecule has 0 spiro atoms. The number of anilines is 2. The minimum atomic E-state index is 0.280. The van der Waals surface area contributed by atoms with E-state index in [0.717, 1.165) is 22.9 Å². The van der Waals surface area contributed by atoms with Crippen molar-refractivity contribution >= 4 is 23.2 Å². The SMILES string of the molecule is CNc1nc(NC)c2c(n1)C(C)C(C)=N2. The second-order valence-corrected chi connectivity index (χ2v) is 3.60.